The van der Waals surface area contributed by atoms with Gasteiger partial charge in [-0.2, -0.15) is 0 Å². The fourth-order valence-electron chi connectivity index (χ4n) is 2.72. The minimum Gasteiger partial charge on any atom is -0.467 e. The van der Waals surface area contributed by atoms with Crippen molar-refractivity contribution in [3.8, 4) is 0 Å². The number of carbonyl (C=O) groups is 4. The van der Waals surface area contributed by atoms with Crippen LogP contribution in [0.15, 0.2) is 0 Å². The predicted molar refractivity (Wildman–Crippen MR) is 135 cm³/mol. The summed E-state index contributed by atoms with van der Waals surface area (Å²) in [5.74, 6) is -5.17. The summed E-state index contributed by atoms with van der Waals surface area (Å²) in [5, 5.41) is 99.3. The van der Waals surface area contributed by atoms with Crippen molar-refractivity contribution in [1.82, 2.24) is 10.6 Å². The summed E-state index contributed by atoms with van der Waals surface area (Å²) in [5.41, 5.74) is 0. The van der Waals surface area contributed by atoms with Gasteiger partial charge in [0.2, 0.25) is 0 Å². The molecule has 0 heterocycles. The molecule has 0 saturated heterocycles. The molecular weight excluding hydrogens is 588 g/mol. The zero-order valence-electron chi connectivity index (χ0n) is 21.3. The number of hydrogen-bond donors (Lipinski definition) is 12. The van der Waals surface area contributed by atoms with Crippen LogP contribution in [0.5, 0.6) is 0 Å². The molecule has 1 unspecified atom stereocenters. The second-order valence-corrected chi connectivity index (χ2v) is 10.6. The minimum absolute atomic E-state index is 0.262. The molecule has 0 aliphatic heterocycles. The number of hydrogen-bond acceptors (Lipinski definition) is 18. The predicted octanol–water partition coefficient (Wildman–Crippen LogP) is -7.44. The van der Waals surface area contributed by atoms with E-state index in [1.807, 2.05) is 0 Å². The van der Waals surface area contributed by atoms with E-state index in [0.29, 0.717) is 0 Å². The number of aliphatic hydroxyl groups is 10. The maximum absolute atomic E-state index is 12.2. The monoisotopic (exact) mass is 624 g/mol. The van der Waals surface area contributed by atoms with E-state index in [1.165, 1.54) is 0 Å². The molecule has 0 aliphatic rings. The van der Waals surface area contributed by atoms with Crippen LogP contribution < -0.4 is 10.6 Å². The van der Waals surface area contributed by atoms with Gasteiger partial charge in [0.15, 0.2) is 12.2 Å². The second kappa shape index (κ2) is 19.3. The van der Waals surface area contributed by atoms with Gasteiger partial charge >= 0.3 is 11.9 Å². The number of methoxy groups -OCH3 is 2. The summed E-state index contributed by atoms with van der Waals surface area (Å²) in [6, 6.07) is -2.86. The van der Waals surface area contributed by atoms with Crippen LogP contribution in [0.4, 0.5) is 0 Å². The van der Waals surface area contributed by atoms with Crippen LogP contribution in [0.2, 0.25) is 0 Å². The average Bonchev–Trinajstić information content (AvgIpc) is 2.97. The number of ether oxygens (including phenoxy) is 2. The first-order chi connectivity index (χ1) is 18.7. The van der Waals surface area contributed by atoms with Gasteiger partial charge in [-0.15, -0.1) is 0 Å². The van der Waals surface area contributed by atoms with E-state index < -0.39 is 97.9 Å². The van der Waals surface area contributed by atoms with E-state index in [9.17, 15) is 60.0 Å². The molecule has 20 heteroatoms. The molecule has 0 fully saturated rings. The maximum atomic E-state index is 12.2. The first kappa shape index (κ1) is 38.2. The van der Waals surface area contributed by atoms with Crippen molar-refractivity contribution in [1.29, 1.82) is 0 Å². The highest BCUT2D eigenvalue weighted by molar-refractivity contribution is 8.76. The summed E-state index contributed by atoms with van der Waals surface area (Å²) in [6.45, 7) is -1.96. The Kier molecular flexibility index (Phi) is 18.4. The lowest BCUT2D eigenvalue weighted by Crippen LogP contribution is -2.55. The molecule has 0 aromatic rings. The molecule has 0 bridgehead atoms. The number of carbonyl (C=O) groups excluding carboxylic acids is 4. The highest BCUT2D eigenvalue weighted by atomic mass is 33.1. The number of amides is 2. The van der Waals surface area contributed by atoms with E-state index in [0.717, 1.165) is 35.8 Å². The zero-order valence-corrected chi connectivity index (χ0v) is 23.0. The molecule has 2 amide bonds. The van der Waals surface area contributed by atoms with Gasteiger partial charge < -0.3 is 71.2 Å². The Hall–Kier alpha value is -1.82. The molecule has 0 spiro atoms. The van der Waals surface area contributed by atoms with Crippen molar-refractivity contribution in [3.63, 3.8) is 0 Å². The van der Waals surface area contributed by atoms with Crippen LogP contribution in [-0.4, -0.2) is 175 Å². The van der Waals surface area contributed by atoms with Gasteiger partial charge in [-0.3, -0.25) is 9.59 Å². The van der Waals surface area contributed by atoms with Gasteiger partial charge in [0, 0.05) is 11.5 Å². The normalized spacial score (nSPS) is 19.0. The SMILES string of the molecule is COC(=O)C(CSSC[C@H](NC(=O)[C@H](O)[C@@H](O)[C@H](O)[C@H](O)CO)C(=O)OC)NC(=O)[C@H](O)[C@@H](O)[C@H](O)[C@H](O)CO. The van der Waals surface area contributed by atoms with Gasteiger partial charge in [-0.25, -0.2) is 9.59 Å². The zero-order chi connectivity index (χ0) is 31.2. The summed E-state index contributed by atoms with van der Waals surface area (Å²) in [4.78, 5) is 48.6. The molecule has 0 rings (SSSR count). The van der Waals surface area contributed by atoms with Crippen molar-refractivity contribution in [2.24, 2.45) is 0 Å². The third-order valence-electron chi connectivity index (χ3n) is 5.20. The molecule has 40 heavy (non-hydrogen) atoms. The van der Waals surface area contributed by atoms with Crippen LogP contribution in [0, 0.1) is 0 Å². The lowest BCUT2D eigenvalue weighted by Gasteiger charge is -2.26. The summed E-state index contributed by atoms with van der Waals surface area (Å²) in [7, 11) is 3.69. The van der Waals surface area contributed by atoms with Crippen LogP contribution in [-0.2, 0) is 28.7 Å². The molecule has 10 atom stereocenters. The Morgan fingerprint density at radius 2 is 0.900 bits per heavy atom. The summed E-state index contributed by atoms with van der Waals surface area (Å²) >= 11 is 0. The van der Waals surface area contributed by atoms with Crippen molar-refractivity contribution in [2.75, 3.05) is 38.9 Å². The first-order valence-corrected chi connectivity index (χ1v) is 13.8. The fraction of sp³-hybridized carbons (Fsp3) is 0.800. The fourth-order valence-corrected chi connectivity index (χ4v) is 5.02. The second-order valence-electron chi connectivity index (χ2n) is 8.09. The Morgan fingerprint density at radius 1 is 0.600 bits per heavy atom. The standard InChI is InChI=1S/C20H36N2O16S2/c1-37-19(35)7(21-17(33)15(31)13(29)11(27)9(25)3-23)5-39-40-6-8(20(36)38-2)22-18(34)16(32)14(30)12(28)10(26)4-24/h7-16,23-32H,3-6H2,1-2H3,(H,21,33)(H,22,34)/t7-,8?,9+,10+,11+,12+,13-,14-,15+,16+/m0/s1. The van der Waals surface area contributed by atoms with Crippen LogP contribution in [0.25, 0.3) is 0 Å². The molecule has 18 nitrogen and oxygen atoms in total. The topological polar surface area (TPSA) is 313 Å². The molecule has 0 aromatic heterocycles. The molecule has 12 N–H and O–H groups in total. The van der Waals surface area contributed by atoms with Gasteiger partial charge in [-0.05, 0) is 0 Å². The van der Waals surface area contributed by atoms with Crippen molar-refractivity contribution >= 4 is 45.3 Å². The highest BCUT2D eigenvalue weighted by Crippen LogP contribution is 2.24. The van der Waals surface area contributed by atoms with Crippen molar-refractivity contribution in [3.05, 3.63) is 0 Å². The Labute approximate surface area is 235 Å². The van der Waals surface area contributed by atoms with Crippen molar-refractivity contribution in [2.45, 2.75) is 60.9 Å². The Balaban J connectivity index is 5.16. The number of rotatable bonds is 19. The average molecular weight is 625 g/mol. The van der Waals surface area contributed by atoms with Crippen LogP contribution >= 0.6 is 21.6 Å². The van der Waals surface area contributed by atoms with Crippen LogP contribution in [0.3, 0.4) is 0 Å². The van der Waals surface area contributed by atoms with Crippen LogP contribution in [0.1, 0.15) is 0 Å². The molecule has 234 valence electrons. The maximum Gasteiger partial charge on any atom is 0.329 e. The third-order valence-corrected chi connectivity index (χ3v) is 7.63. The molecular formula is C20H36N2O16S2. The van der Waals surface area contributed by atoms with E-state index in [1.54, 1.807) is 0 Å². The quantitative estimate of drug-likeness (QED) is 0.0360. The molecule has 0 aromatic carbocycles. The number of esters is 2. The van der Waals surface area contributed by atoms with Gasteiger partial charge in [-0.1, -0.05) is 21.6 Å². The largest absolute Gasteiger partial charge is 0.467 e. The third kappa shape index (κ3) is 12.0. The highest BCUT2D eigenvalue weighted by Gasteiger charge is 2.37. The molecule has 0 saturated carbocycles. The molecule has 0 aliphatic carbocycles. The van der Waals surface area contributed by atoms with Gasteiger partial charge in [0.05, 0.1) is 27.4 Å². The lowest BCUT2D eigenvalue weighted by atomic mass is 10.0. The lowest BCUT2D eigenvalue weighted by molar-refractivity contribution is -0.153. The summed E-state index contributed by atoms with van der Waals surface area (Å²) in [6.07, 6.45) is -17.0. The van der Waals surface area contributed by atoms with Crippen molar-refractivity contribution < 1.29 is 79.7 Å². The van der Waals surface area contributed by atoms with Gasteiger partial charge in [0.1, 0.15) is 48.7 Å². The summed E-state index contributed by atoms with van der Waals surface area (Å²) < 4.78 is 9.11. The number of nitrogens with one attached hydrogen (secondary N) is 2. The van der Waals surface area contributed by atoms with Gasteiger partial charge in [0.25, 0.3) is 11.8 Å². The smallest absolute Gasteiger partial charge is 0.329 e. The number of aliphatic hydroxyl groups excluding tert-OH is 10. The molecule has 0 radical (unpaired) electrons. The first-order valence-electron chi connectivity index (χ1n) is 11.3. The van der Waals surface area contributed by atoms with E-state index in [4.69, 9.17) is 10.2 Å². The minimum atomic E-state index is -2.32. The Morgan fingerprint density at radius 3 is 1.15 bits per heavy atom. The van der Waals surface area contributed by atoms with E-state index in [-0.39, 0.29) is 11.5 Å². The Bertz CT molecular complexity index is 746. The van der Waals surface area contributed by atoms with E-state index in [2.05, 4.69) is 20.1 Å². The van der Waals surface area contributed by atoms with E-state index >= 15 is 0 Å².